The first-order chi connectivity index (χ1) is 7.99. The van der Waals surface area contributed by atoms with E-state index < -0.39 is 0 Å². The number of hydrogen-bond donors (Lipinski definition) is 0. The van der Waals surface area contributed by atoms with Crippen LogP contribution in [-0.4, -0.2) is 0 Å². The Hall–Kier alpha value is -0.0200. The zero-order valence-corrected chi connectivity index (χ0v) is 13.3. The molecular formula is C13H11BrCl2S. The molecule has 0 nitrogen and oxygen atoms in total. The lowest BCUT2D eigenvalue weighted by Gasteiger charge is -2.11. The van der Waals surface area contributed by atoms with Gasteiger partial charge in [-0.3, -0.25) is 0 Å². The molecule has 0 aliphatic carbocycles. The summed E-state index contributed by atoms with van der Waals surface area (Å²) in [5.41, 5.74) is 2.24. The maximum atomic E-state index is 6.52. The normalized spacial score (nSPS) is 12.8. The second-order valence-electron chi connectivity index (χ2n) is 3.92. The van der Waals surface area contributed by atoms with Crippen molar-refractivity contribution in [3.05, 3.63) is 54.6 Å². The Morgan fingerprint density at radius 3 is 2.47 bits per heavy atom. The molecule has 0 bridgehead atoms. The fourth-order valence-electron chi connectivity index (χ4n) is 1.68. The largest absolute Gasteiger partial charge is 0.143 e. The molecule has 1 aromatic heterocycles. The second kappa shape index (κ2) is 5.31. The highest BCUT2D eigenvalue weighted by Gasteiger charge is 2.16. The molecule has 90 valence electrons. The van der Waals surface area contributed by atoms with Gasteiger partial charge in [-0.25, -0.2) is 0 Å². The lowest BCUT2D eigenvalue weighted by atomic mass is 10.0. The van der Waals surface area contributed by atoms with Gasteiger partial charge in [0.05, 0.1) is 5.38 Å². The maximum Gasteiger partial charge on any atom is 0.0930 e. The van der Waals surface area contributed by atoms with Gasteiger partial charge in [-0.15, -0.1) is 22.9 Å². The van der Waals surface area contributed by atoms with E-state index in [4.69, 9.17) is 23.2 Å². The summed E-state index contributed by atoms with van der Waals surface area (Å²) in [6.07, 6.45) is 0. The molecule has 1 atom stereocenters. The van der Waals surface area contributed by atoms with Crippen LogP contribution in [0.25, 0.3) is 0 Å². The second-order valence-corrected chi connectivity index (χ2v) is 6.93. The standard InChI is InChI=1S/C13H11BrCl2S/c1-7-5-9(15)3-4-10(7)13(16)12-6-11(14)8(2)17-12/h3-6,13H,1-2H3. The molecule has 4 heteroatoms. The van der Waals surface area contributed by atoms with Crippen LogP contribution < -0.4 is 0 Å². The minimum absolute atomic E-state index is 0.109. The molecule has 1 aromatic carbocycles. The Morgan fingerprint density at radius 1 is 1.24 bits per heavy atom. The van der Waals surface area contributed by atoms with Crippen LogP contribution in [0.5, 0.6) is 0 Å². The minimum atomic E-state index is -0.109. The van der Waals surface area contributed by atoms with Crippen molar-refractivity contribution in [2.45, 2.75) is 19.2 Å². The van der Waals surface area contributed by atoms with Crippen molar-refractivity contribution < 1.29 is 0 Å². The molecule has 0 aliphatic rings. The predicted octanol–water partition coefficient (Wildman–Crippen LogP) is 6.11. The summed E-state index contributed by atoms with van der Waals surface area (Å²) >= 11 is 17.7. The summed E-state index contributed by atoms with van der Waals surface area (Å²) in [6.45, 7) is 4.11. The van der Waals surface area contributed by atoms with Crippen molar-refractivity contribution in [1.29, 1.82) is 0 Å². The van der Waals surface area contributed by atoms with Crippen LogP contribution in [0, 0.1) is 13.8 Å². The monoisotopic (exact) mass is 348 g/mol. The van der Waals surface area contributed by atoms with Gasteiger partial charge >= 0.3 is 0 Å². The third-order valence-corrected chi connectivity index (χ3v) is 5.67. The van der Waals surface area contributed by atoms with Crippen LogP contribution in [0.15, 0.2) is 28.7 Å². The SMILES string of the molecule is Cc1cc(Cl)ccc1C(Cl)c1cc(Br)c(C)s1. The molecule has 0 saturated carbocycles. The highest BCUT2D eigenvalue weighted by molar-refractivity contribution is 9.10. The molecule has 2 rings (SSSR count). The van der Waals surface area contributed by atoms with Crippen LogP contribution in [0.2, 0.25) is 5.02 Å². The van der Waals surface area contributed by atoms with Gasteiger partial charge in [0.1, 0.15) is 0 Å². The molecule has 0 N–H and O–H groups in total. The van der Waals surface area contributed by atoms with Gasteiger partial charge in [0.25, 0.3) is 0 Å². The highest BCUT2D eigenvalue weighted by Crippen LogP contribution is 2.38. The van der Waals surface area contributed by atoms with Crippen molar-refractivity contribution in [1.82, 2.24) is 0 Å². The molecule has 2 aromatic rings. The Balaban J connectivity index is 2.39. The molecule has 0 saturated heterocycles. The van der Waals surface area contributed by atoms with Crippen molar-refractivity contribution >= 4 is 50.5 Å². The van der Waals surface area contributed by atoms with E-state index in [9.17, 15) is 0 Å². The molecule has 17 heavy (non-hydrogen) atoms. The van der Waals surface area contributed by atoms with Crippen LogP contribution >= 0.6 is 50.5 Å². The first-order valence-corrected chi connectivity index (χ1v) is 7.57. The quantitative estimate of drug-likeness (QED) is 0.574. The Morgan fingerprint density at radius 2 is 1.94 bits per heavy atom. The van der Waals surface area contributed by atoms with E-state index in [2.05, 4.69) is 28.9 Å². The lowest BCUT2D eigenvalue weighted by molar-refractivity contribution is 1.14. The molecule has 0 aliphatic heterocycles. The third kappa shape index (κ3) is 2.87. The van der Waals surface area contributed by atoms with E-state index >= 15 is 0 Å². The van der Waals surface area contributed by atoms with Crippen LogP contribution in [0.4, 0.5) is 0 Å². The maximum absolute atomic E-state index is 6.52. The predicted molar refractivity (Wildman–Crippen MR) is 80.6 cm³/mol. The van der Waals surface area contributed by atoms with E-state index in [0.29, 0.717) is 0 Å². The zero-order valence-electron chi connectivity index (χ0n) is 9.43. The Bertz CT molecular complexity index is 529. The summed E-state index contributed by atoms with van der Waals surface area (Å²) in [7, 11) is 0. The molecule has 1 unspecified atom stereocenters. The van der Waals surface area contributed by atoms with Crippen molar-refractivity contribution in [3.8, 4) is 0 Å². The Labute approximate surface area is 124 Å². The third-order valence-electron chi connectivity index (χ3n) is 2.63. The summed E-state index contributed by atoms with van der Waals surface area (Å²) in [4.78, 5) is 2.40. The van der Waals surface area contributed by atoms with Crippen LogP contribution in [-0.2, 0) is 0 Å². The van der Waals surface area contributed by atoms with Gasteiger partial charge in [0, 0.05) is 19.2 Å². The topological polar surface area (TPSA) is 0 Å². The average Bonchev–Trinajstić information content (AvgIpc) is 2.58. The number of benzene rings is 1. The molecule has 0 fully saturated rings. The smallest absolute Gasteiger partial charge is 0.0930 e. The van der Waals surface area contributed by atoms with Gasteiger partial charge < -0.3 is 0 Å². The molecular weight excluding hydrogens is 339 g/mol. The number of aryl methyl sites for hydroxylation is 2. The number of rotatable bonds is 2. The first-order valence-electron chi connectivity index (χ1n) is 5.15. The van der Waals surface area contributed by atoms with E-state index in [1.807, 2.05) is 25.1 Å². The van der Waals surface area contributed by atoms with E-state index in [1.165, 1.54) is 4.88 Å². The minimum Gasteiger partial charge on any atom is -0.143 e. The molecule has 0 amide bonds. The number of halogens is 3. The van der Waals surface area contributed by atoms with E-state index in [-0.39, 0.29) is 5.38 Å². The van der Waals surface area contributed by atoms with E-state index in [0.717, 1.165) is 25.5 Å². The van der Waals surface area contributed by atoms with E-state index in [1.54, 1.807) is 11.3 Å². The molecule has 0 spiro atoms. The Kier molecular flexibility index (Phi) is 4.19. The highest BCUT2D eigenvalue weighted by atomic mass is 79.9. The van der Waals surface area contributed by atoms with Gasteiger partial charge in [0.15, 0.2) is 0 Å². The van der Waals surface area contributed by atoms with Gasteiger partial charge in [0.2, 0.25) is 0 Å². The van der Waals surface area contributed by atoms with Crippen molar-refractivity contribution in [3.63, 3.8) is 0 Å². The summed E-state index contributed by atoms with van der Waals surface area (Å²) in [5, 5.41) is 0.640. The van der Waals surface area contributed by atoms with Crippen LogP contribution in [0.3, 0.4) is 0 Å². The lowest BCUT2D eigenvalue weighted by Crippen LogP contribution is -1.93. The molecule has 0 radical (unpaired) electrons. The summed E-state index contributed by atoms with van der Waals surface area (Å²) in [6, 6.07) is 7.92. The fraction of sp³-hybridized carbons (Fsp3) is 0.231. The number of hydrogen-bond acceptors (Lipinski definition) is 1. The average molecular weight is 350 g/mol. The van der Waals surface area contributed by atoms with Crippen molar-refractivity contribution in [2.75, 3.05) is 0 Å². The van der Waals surface area contributed by atoms with Crippen LogP contribution in [0.1, 0.15) is 26.3 Å². The zero-order chi connectivity index (χ0) is 12.6. The van der Waals surface area contributed by atoms with Crippen molar-refractivity contribution in [2.24, 2.45) is 0 Å². The summed E-state index contributed by atoms with van der Waals surface area (Å²) in [5.74, 6) is 0. The van der Waals surface area contributed by atoms with Gasteiger partial charge in [-0.2, -0.15) is 0 Å². The number of thiophene rings is 1. The van der Waals surface area contributed by atoms with Gasteiger partial charge in [-0.1, -0.05) is 17.7 Å². The molecule has 1 heterocycles. The van der Waals surface area contributed by atoms with Gasteiger partial charge in [-0.05, 0) is 59.1 Å². The fourth-order valence-corrected chi connectivity index (χ4v) is 3.91. The summed E-state index contributed by atoms with van der Waals surface area (Å²) < 4.78 is 1.12. The number of alkyl halides is 1. The first kappa shape index (κ1) is 13.4.